The monoisotopic (exact) mass is 269 g/mol. The Kier molecular flexibility index (Phi) is 3.55. The summed E-state index contributed by atoms with van der Waals surface area (Å²) >= 11 is 0. The molecule has 0 spiro atoms. The largest absolute Gasteiger partial charge is 0.493 e. The van der Waals surface area contributed by atoms with E-state index in [-0.39, 0.29) is 22.7 Å². The first-order chi connectivity index (χ1) is 9.08. The standard InChI is InChI=1S/C12H13F2N3O2/c1-18-9-3-6(8-5-16-17-12(8)15)7(11(13)14)4-10(9)19-2/h3-5,11H,1-2H3,(H3,15,16,17). The molecular weight excluding hydrogens is 256 g/mol. The maximum Gasteiger partial charge on any atom is 0.264 e. The normalized spacial score (nSPS) is 10.8. The third-order valence-electron chi connectivity index (χ3n) is 2.75. The van der Waals surface area contributed by atoms with Gasteiger partial charge in [0.2, 0.25) is 0 Å². The fourth-order valence-electron chi connectivity index (χ4n) is 1.82. The SMILES string of the molecule is COc1cc(-c2cn[nH]c2N)c(C(F)F)cc1OC. The minimum atomic E-state index is -2.66. The summed E-state index contributed by atoms with van der Waals surface area (Å²) in [7, 11) is 2.82. The van der Waals surface area contributed by atoms with E-state index in [1.165, 1.54) is 32.5 Å². The number of alkyl halides is 2. The molecule has 3 N–H and O–H groups in total. The van der Waals surface area contributed by atoms with Gasteiger partial charge >= 0.3 is 0 Å². The molecule has 0 unspecified atom stereocenters. The maximum absolute atomic E-state index is 13.1. The van der Waals surface area contributed by atoms with Crippen molar-refractivity contribution in [2.24, 2.45) is 0 Å². The number of nitrogens with zero attached hydrogens (tertiary/aromatic N) is 1. The summed E-state index contributed by atoms with van der Waals surface area (Å²) in [4.78, 5) is 0. The maximum atomic E-state index is 13.1. The number of aromatic nitrogens is 2. The van der Waals surface area contributed by atoms with E-state index in [1.807, 2.05) is 0 Å². The zero-order valence-corrected chi connectivity index (χ0v) is 10.4. The van der Waals surface area contributed by atoms with Crippen molar-refractivity contribution >= 4 is 5.82 Å². The molecule has 0 atom stereocenters. The second-order valence-electron chi connectivity index (χ2n) is 3.79. The van der Waals surface area contributed by atoms with Crippen molar-refractivity contribution in [2.75, 3.05) is 20.0 Å². The number of nitrogen functional groups attached to an aromatic ring is 1. The van der Waals surface area contributed by atoms with Crippen LogP contribution in [0.25, 0.3) is 11.1 Å². The Bertz CT molecular complexity index is 584. The van der Waals surface area contributed by atoms with Gasteiger partial charge in [0.1, 0.15) is 5.82 Å². The molecule has 102 valence electrons. The molecule has 0 aliphatic rings. The van der Waals surface area contributed by atoms with Gasteiger partial charge in [-0.2, -0.15) is 5.10 Å². The molecule has 0 bridgehead atoms. The molecule has 2 aromatic rings. The van der Waals surface area contributed by atoms with E-state index in [0.717, 1.165) is 0 Å². The minimum Gasteiger partial charge on any atom is -0.493 e. The highest BCUT2D eigenvalue weighted by atomic mass is 19.3. The van der Waals surface area contributed by atoms with Crippen LogP contribution in [-0.2, 0) is 0 Å². The van der Waals surface area contributed by atoms with Crippen LogP contribution < -0.4 is 15.2 Å². The minimum absolute atomic E-state index is 0.189. The lowest BCUT2D eigenvalue weighted by Crippen LogP contribution is -1.98. The lowest BCUT2D eigenvalue weighted by molar-refractivity contribution is 0.151. The van der Waals surface area contributed by atoms with Gasteiger partial charge in [0.05, 0.1) is 20.4 Å². The van der Waals surface area contributed by atoms with Gasteiger partial charge in [-0.15, -0.1) is 0 Å². The summed E-state index contributed by atoms with van der Waals surface area (Å²) in [5.41, 5.74) is 6.14. The first-order valence-corrected chi connectivity index (χ1v) is 5.41. The summed E-state index contributed by atoms with van der Waals surface area (Å²) in [5, 5.41) is 6.24. The van der Waals surface area contributed by atoms with Crippen LogP contribution >= 0.6 is 0 Å². The summed E-state index contributed by atoms with van der Waals surface area (Å²) < 4.78 is 36.4. The van der Waals surface area contributed by atoms with Crippen LogP contribution in [0.4, 0.5) is 14.6 Å². The summed E-state index contributed by atoms with van der Waals surface area (Å²) in [6.45, 7) is 0. The van der Waals surface area contributed by atoms with Gasteiger partial charge in [-0.05, 0) is 17.7 Å². The number of aromatic amines is 1. The number of ether oxygens (including phenoxy) is 2. The number of benzene rings is 1. The van der Waals surface area contributed by atoms with Gasteiger partial charge in [0, 0.05) is 11.1 Å². The third-order valence-corrected chi connectivity index (χ3v) is 2.75. The molecule has 0 radical (unpaired) electrons. The number of hydrogen-bond acceptors (Lipinski definition) is 4. The molecule has 2 rings (SSSR count). The highest BCUT2D eigenvalue weighted by molar-refractivity contribution is 5.78. The van der Waals surface area contributed by atoms with Crippen molar-refractivity contribution in [1.82, 2.24) is 10.2 Å². The molecule has 5 nitrogen and oxygen atoms in total. The quantitative estimate of drug-likeness (QED) is 0.894. The molecule has 1 heterocycles. The van der Waals surface area contributed by atoms with Crippen LogP contribution in [-0.4, -0.2) is 24.4 Å². The molecule has 0 saturated heterocycles. The highest BCUT2D eigenvalue weighted by Gasteiger charge is 2.21. The first kappa shape index (κ1) is 13.1. The van der Waals surface area contributed by atoms with Crippen molar-refractivity contribution < 1.29 is 18.3 Å². The Morgan fingerprint density at radius 2 is 1.79 bits per heavy atom. The lowest BCUT2D eigenvalue weighted by atomic mass is 10.0. The molecule has 1 aromatic heterocycles. The van der Waals surface area contributed by atoms with Crippen molar-refractivity contribution in [3.63, 3.8) is 0 Å². The Morgan fingerprint density at radius 3 is 2.26 bits per heavy atom. The summed E-state index contributed by atoms with van der Waals surface area (Å²) in [6.07, 6.45) is -1.27. The fourth-order valence-corrected chi connectivity index (χ4v) is 1.82. The van der Waals surface area contributed by atoms with E-state index < -0.39 is 6.43 Å². The molecule has 0 saturated carbocycles. The predicted molar refractivity (Wildman–Crippen MR) is 66.5 cm³/mol. The first-order valence-electron chi connectivity index (χ1n) is 5.41. The van der Waals surface area contributed by atoms with Crippen LogP contribution in [0.1, 0.15) is 12.0 Å². The van der Waals surface area contributed by atoms with E-state index in [4.69, 9.17) is 15.2 Å². The van der Waals surface area contributed by atoms with E-state index in [2.05, 4.69) is 10.2 Å². The lowest BCUT2D eigenvalue weighted by Gasteiger charge is -2.14. The number of nitrogens with one attached hydrogen (secondary N) is 1. The Hall–Kier alpha value is -2.31. The molecule has 1 aromatic carbocycles. The smallest absolute Gasteiger partial charge is 0.264 e. The van der Waals surface area contributed by atoms with E-state index >= 15 is 0 Å². The van der Waals surface area contributed by atoms with E-state index in [1.54, 1.807) is 0 Å². The zero-order chi connectivity index (χ0) is 14.0. The highest BCUT2D eigenvalue weighted by Crippen LogP contribution is 2.40. The second-order valence-corrected chi connectivity index (χ2v) is 3.79. The number of rotatable bonds is 4. The van der Waals surface area contributed by atoms with Gasteiger partial charge in [-0.1, -0.05) is 0 Å². The van der Waals surface area contributed by atoms with Crippen LogP contribution in [0.5, 0.6) is 11.5 Å². The zero-order valence-electron chi connectivity index (χ0n) is 10.4. The molecular formula is C12H13F2N3O2. The average molecular weight is 269 g/mol. The average Bonchev–Trinajstić information content (AvgIpc) is 2.83. The van der Waals surface area contributed by atoms with Crippen LogP contribution in [0.15, 0.2) is 18.3 Å². The van der Waals surface area contributed by atoms with Gasteiger partial charge in [0.25, 0.3) is 6.43 Å². The van der Waals surface area contributed by atoms with Gasteiger partial charge in [0.15, 0.2) is 11.5 Å². The van der Waals surface area contributed by atoms with Crippen LogP contribution in [0, 0.1) is 0 Å². The number of anilines is 1. The predicted octanol–water partition coefficient (Wildman–Crippen LogP) is 2.61. The number of halogens is 2. The number of hydrogen-bond donors (Lipinski definition) is 2. The van der Waals surface area contributed by atoms with Crippen LogP contribution in [0.2, 0.25) is 0 Å². The second kappa shape index (κ2) is 5.13. The number of nitrogens with two attached hydrogens (primary N) is 1. The van der Waals surface area contributed by atoms with Crippen molar-refractivity contribution in [1.29, 1.82) is 0 Å². The van der Waals surface area contributed by atoms with Gasteiger partial charge in [-0.3, -0.25) is 5.10 Å². The molecule has 7 heteroatoms. The number of H-pyrrole nitrogens is 1. The number of methoxy groups -OCH3 is 2. The van der Waals surface area contributed by atoms with E-state index in [9.17, 15) is 8.78 Å². The van der Waals surface area contributed by atoms with Crippen molar-refractivity contribution in [3.05, 3.63) is 23.9 Å². The van der Waals surface area contributed by atoms with Crippen LogP contribution in [0.3, 0.4) is 0 Å². The topological polar surface area (TPSA) is 73.2 Å². The van der Waals surface area contributed by atoms with Crippen molar-refractivity contribution in [2.45, 2.75) is 6.43 Å². The molecule has 0 fully saturated rings. The molecule has 0 aliphatic heterocycles. The fraction of sp³-hybridized carbons (Fsp3) is 0.250. The van der Waals surface area contributed by atoms with Crippen molar-refractivity contribution in [3.8, 4) is 22.6 Å². The molecule has 0 amide bonds. The summed E-state index contributed by atoms with van der Waals surface area (Å²) in [5.74, 6) is 0.806. The molecule has 19 heavy (non-hydrogen) atoms. The summed E-state index contributed by atoms with van der Waals surface area (Å²) in [6, 6.07) is 2.70. The molecule has 0 aliphatic carbocycles. The van der Waals surface area contributed by atoms with Gasteiger partial charge < -0.3 is 15.2 Å². The Balaban J connectivity index is 2.68. The Labute approximate surface area is 108 Å². The van der Waals surface area contributed by atoms with Gasteiger partial charge in [-0.25, -0.2) is 8.78 Å². The Morgan fingerprint density at radius 1 is 1.16 bits per heavy atom. The third kappa shape index (κ3) is 2.31. The van der Waals surface area contributed by atoms with E-state index in [0.29, 0.717) is 11.3 Å².